The first-order valence-corrected chi connectivity index (χ1v) is 10.9. The lowest BCUT2D eigenvalue weighted by Gasteiger charge is -2.35. The van der Waals surface area contributed by atoms with E-state index >= 15 is 0 Å². The Labute approximate surface area is 198 Å². The van der Waals surface area contributed by atoms with Crippen LogP contribution in [0.4, 0.5) is 24.8 Å². The highest BCUT2D eigenvalue weighted by Crippen LogP contribution is 2.43. The first kappa shape index (κ1) is 23.3. The number of hydrogen-bond acceptors (Lipinski definition) is 5. The summed E-state index contributed by atoms with van der Waals surface area (Å²) in [5.41, 5.74) is -0.470. The minimum atomic E-state index is -4.62. The van der Waals surface area contributed by atoms with Crippen molar-refractivity contribution >= 4 is 33.5 Å². The van der Waals surface area contributed by atoms with E-state index in [4.69, 9.17) is 0 Å². The SMILES string of the molecule is CC1=C(C(=O)O)C(c2ccc(C#N)cc2CBr)n2c(n[nH]c2=O)N1c1cccc(C(F)(F)F)c1. The van der Waals surface area contributed by atoms with Crippen LogP contribution in [0.2, 0.25) is 0 Å². The normalized spacial score (nSPS) is 15.8. The standard InChI is InChI=1S/C22H15BrF3N5O3/c1-11-17(19(32)33)18(16-6-5-12(10-27)7-13(16)9-23)31-20(28-29-21(31)34)30(11)15-4-2-3-14(8-15)22(24,25)26/h2-8,18H,9H2,1H3,(H,29,34)(H,32,33). The van der Waals surface area contributed by atoms with E-state index in [-0.39, 0.29) is 28.2 Å². The topological polar surface area (TPSA) is 115 Å². The number of nitriles is 1. The summed E-state index contributed by atoms with van der Waals surface area (Å²) >= 11 is 3.33. The predicted octanol–water partition coefficient (Wildman–Crippen LogP) is 4.46. The Hall–Kier alpha value is -3.85. The van der Waals surface area contributed by atoms with E-state index in [1.54, 1.807) is 12.1 Å². The summed E-state index contributed by atoms with van der Waals surface area (Å²) in [6.07, 6.45) is -4.62. The molecule has 0 radical (unpaired) electrons. The number of benzene rings is 2. The molecule has 4 rings (SSSR count). The molecule has 0 amide bonds. The lowest BCUT2D eigenvalue weighted by atomic mass is 9.90. The van der Waals surface area contributed by atoms with Crippen molar-refractivity contribution in [2.75, 3.05) is 4.90 Å². The van der Waals surface area contributed by atoms with Gasteiger partial charge in [-0.05, 0) is 48.4 Å². The van der Waals surface area contributed by atoms with Crippen molar-refractivity contribution in [1.29, 1.82) is 5.26 Å². The van der Waals surface area contributed by atoms with Crippen molar-refractivity contribution in [2.45, 2.75) is 24.5 Å². The number of halogens is 4. The Kier molecular flexibility index (Phi) is 5.82. The fourth-order valence-electron chi connectivity index (χ4n) is 4.04. The number of nitrogens with zero attached hydrogens (tertiary/aromatic N) is 4. The third-order valence-electron chi connectivity index (χ3n) is 5.52. The molecule has 2 heterocycles. The zero-order valence-electron chi connectivity index (χ0n) is 17.4. The molecule has 2 aromatic carbocycles. The maximum Gasteiger partial charge on any atom is 0.416 e. The molecule has 0 aliphatic carbocycles. The smallest absolute Gasteiger partial charge is 0.416 e. The third kappa shape index (κ3) is 3.77. The van der Waals surface area contributed by atoms with Gasteiger partial charge >= 0.3 is 17.8 Å². The van der Waals surface area contributed by atoms with Crippen molar-refractivity contribution in [1.82, 2.24) is 14.8 Å². The number of carboxylic acid groups (broad SMARTS) is 1. The summed E-state index contributed by atoms with van der Waals surface area (Å²) in [5, 5.41) is 25.9. The van der Waals surface area contributed by atoms with Gasteiger partial charge in [-0.25, -0.2) is 19.3 Å². The number of nitrogens with one attached hydrogen (secondary N) is 1. The molecule has 0 saturated carbocycles. The largest absolute Gasteiger partial charge is 0.478 e. The fourth-order valence-corrected chi connectivity index (χ4v) is 4.52. The van der Waals surface area contributed by atoms with Gasteiger partial charge in [-0.1, -0.05) is 28.1 Å². The maximum atomic E-state index is 13.3. The second-order valence-electron chi connectivity index (χ2n) is 7.45. The molecule has 0 bridgehead atoms. The Balaban J connectivity index is 2.02. The highest BCUT2D eigenvalue weighted by Gasteiger charge is 2.40. The number of rotatable bonds is 4. The van der Waals surface area contributed by atoms with Crippen molar-refractivity contribution in [3.05, 3.63) is 86.5 Å². The van der Waals surface area contributed by atoms with Crippen LogP contribution in [0.3, 0.4) is 0 Å². The number of fused-ring (bicyclic) bond motifs is 1. The Morgan fingerprint density at radius 3 is 2.65 bits per heavy atom. The number of hydrogen-bond donors (Lipinski definition) is 2. The molecule has 8 nitrogen and oxygen atoms in total. The summed E-state index contributed by atoms with van der Waals surface area (Å²) < 4.78 is 41.1. The second-order valence-corrected chi connectivity index (χ2v) is 8.01. The lowest BCUT2D eigenvalue weighted by Crippen LogP contribution is -2.37. The molecule has 2 N–H and O–H groups in total. The number of aromatic nitrogens is 3. The van der Waals surface area contributed by atoms with Gasteiger partial charge in [0.2, 0.25) is 5.95 Å². The molecule has 1 atom stereocenters. The van der Waals surface area contributed by atoms with E-state index in [0.717, 1.165) is 16.7 Å². The first-order chi connectivity index (χ1) is 16.1. The molecule has 1 aliphatic heterocycles. The molecule has 12 heteroatoms. The van der Waals surface area contributed by atoms with E-state index in [1.165, 1.54) is 30.0 Å². The van der Waals surface area contributed by atoms with Crippen LogP contribution in [0.5, 0.6) is 0 Å². The Morgan fingerprint density at radius 1 is 1.29 bits per heavy atom. The fraction of sp³-hybridized carbons (Fsp3) is 0.182. The predicted molar refractivity (Wildman–Crippen MR) is 119 cm³/mol. The van der Waals surface area contributed by atoms with E-state index in [9.17, 15) is 33.1 Å². The second kappa shape index (κ2) is 8.49. The van der Waals surface area contributed by atoms with Crippen LogP contribution in [0.1, 0.15) is 35.2 Å². The number of carboxylic acids is 1. The van der Waals surface area contributed by atoms with Crippen molar-refractivity contribution in [3.63, 3.8) is 0 Å². The van der Waals surface area contributed by atoms with Crippen LogP contribution in [-0.4, -0.2) is 25.8 Å². The van der Waals surface area contributed by atoms with Gasteiger partial charge < -0.3 is 5.11 Å². The summed E-state index contributed by atoms with van der Waals surface area (Å²) in [6, 6.07) is 9.81. The van der Waals surface area contributed by atoms with E-state index < -0.39 is 29.4 Å². The molecule has 1 aromatic heterocycles. The highest BCUT2D eigenvalue weighted by molar-refractivity contribution is 9.08. The number of carbonyl (C=O) groups is 1. The summed E-state index contributed by atoms with van der Waals surface area (Å²) in [4.78, 5) is 26.4. The van der Waals surface area contributed by atoms with Gasteiger partial charge in [0, 0.05) is 16.7 Å². The van der Waals surface area contributed by atoms with Crippen LogP contribution < -0.4 is 10.6 Å². The monoisotopic (exact) mass is 533 g/mol. The number of alkyl halides is 4. The Morgan fingerprint density at radius 2 is 2.03 bits per heavy atom. The average molecular weight is 534 g/mol. The third-order valence-corrected chi connectivity index (χ3v) is 6.12. The number of allylic oxidation sites excluding steroid dienone is 1. The maximum absolute atomic E-state index is 13.3. The minimum absolute atomic E-state index is 0.00896. The quantitative estimate of drug-likeness (QED) is 0.478. The highest BCUT2D eigenvalue weighted by atomic mass is 79.9. The van der Waals surface area contributed by atoms with Crippen LogP contribution >= 0.6 is 15.9 Å². The van der Waals surface area contributed by atoms with Gasteiger partial charge in [0.05, 0.1) is 22.8 Å². The molecule has 0 spiro atoms. The van der Waals surface area contributed by atoms with Crippen LogP contribution in [0.15, 0.2) is 58.5 Å². The zero-order chi connectivity index (χ0) is 24.8. The summed E-state index contributed by atoms with van der Waals surface area (Å²) in [5.74, 6) is -1.43. The number of aromatic amines is 1. The van der Waals surface area contributed by atoms with Gasteiger partial charge in [-0.3, -0.25) is 4.90 Å². The van der Waals surface area contributed by atoms with Crippen molar-refractivity contribution in [3.8, 4) is 6.07 Å². The summed E-state index contributed by atoms with van der Waals surface area (Å²) in [6.45, 7) is 1.44. The molecular formula is C22H15BrF3N5O3. The van der Waals surface area contributed by atoms with Crippen molar-refractivity contribution < 1.29 is 23.1 Å². The molecule has 174 valence electrons. The number of H-pyrrole nitrogens is 1. The van der Waals surface area contributed by atoms with Gasteiger partial charge in [0.25, 0.3) is 0 Å². The summed E-state index contributed by atoms with van der Waals surface area (Å²) in [7, 11) is 0. The molecule has 0 fully saturated rings. The van der Waals surface area contributed by atoms with E-state index in [0.29, 0.717) is 16.7 Å². The van der Waals surface area contributed by atoms with Crippen molar-refractivity contribution in [2.24, 2.45) is 0 Å². The average Bonchev–Trinajstić information content (AvgIpc) is 3.18. The van der Waals surface area contributed by atoms with Crippen LogP contribution in [-0.2, 0) is 16.3 Å². The van der Waals surface area contributed by atoms with Gasteiger partial charge in [-0.2, -0.15) is 18.4 Å². The molecule has 3 aromatic rings. The minimum Gasteiger partial charge on any atom is -0.478 e. The Bertz CT molecular complexity index is 1430. The van der Waals surface area contributed by atoms with Gasteiger partial charge in [-0.15, -0.1) is 5.10 Å². The lowest BCUT2D eigenvalue weighted by molar-refractivity contribution is -0.137. The van der Waals surface area contributed by atoms with Crippen LogP contribution in [0.25, 0.3) is 0 Å². The molecule has 1 unspecified atom stereocenters. The molecular weight excluding hydrogens is 519 g/mol. The first-order valence-electron chi connectivity index (χ1n) is 9.75. The van der Waals surface area contributed by atoms with Crippen LogP contribution in [0, 0.1) is 11.3 Å². The number of aliphatic carboxylic acids is 1. The molecule has 1 aliphatic rings. The molecule has 34 heavy (non-hydrogen) atoms. The van der Waals surface area contributed by atoms with Gasteiger partial charge in [0.1, 0.15) is 6.04 Å². The van der Waals surface area contributed by atoms with E-state index in [1.807, 2.05) is 6.07 Å². The van der Waals surface area contributed by atoms with E-state index in [2.05, 4.69) is 26.1 Å². The molecule has 0 saturated heterocycles. The number of anilines is 2. The van der Waals surface area contributed by atoms with Gasteiger partial charge in [0.15, 0.2) is 0 Å². The zero-order valence-corrected chi connectivity index (χ0v) is 19.0.